The molecule has 0 bridgehead atoms. The van der Waals surface area contributed by atoms with E-state index in [0.29, 0.717) is 6.04 Å². The summed E-state index contributed by atoms with van der Waals surface area (Å²) in [6.45, 7) is 2.46. The minimum absolute atomic E-state index is 0.274. The van der Waals surface area contributed by atoms with Crippen molar-refractivity contribution in [3.63, 3.8) is 0 Å². The summed E-state index contributed by atoms with van der Waals surface area (Å²) in [5, 5.41) is 10.7. The Kier molecular flexibility index (Phi) is 2.89. The molecule has 0 radical (unpaired) electrons. The SMILES string of the molecule is OC1c2ccccc2CCC1N1CC2CCCC2C1. The second-order valence-corrected chi connectivity index (χ2v) is 6.65. The van der Waals surface area contributed by atoms with Gasteiger partial charge in [-0.1, -0.05) is 30.7 Å². The van der Waals surface area contributed by atoms with E-state index in [0.717, 1.165) is 24.7 Å². The lowest BCUT2D eigenvalue weighted by Crippen LogP contribution is -2.41. The largest absolute Gasteiger partial charge is 0.387 e. The Labute approximate surface area is 115 Å². The number of aryl methyl sites for hydroxylation is 1. The quantitative estimate of drug-likeness (QED) is 0.836. The van der Waals surface area contributed by atoms with Gasteiger partial charge in [-0.3, -0.25) is 4.90 Å². The summed E-state index contributed by atoms with van der Waals surface area (Å²) in [7, 11) is 0. The van der Waals surface area contributed by atoms with Crippen molar-refractivity contribution >= 4 is 0 Å². The van der Waals surface area contributed by atoms with Gasteiger partial charge in [-0.05, 0) is 48.6 Å². The number of benzene rings is 1. The van der Waals surface area contributed by atoms with Gasteiger partial charge in [0.05, 0.1) is 6.10 Å². The molecule has 0 spiro atoms. The zero-order chi connectivity index (χ0) is 12.8. The molecule has 0 amide bonds. The molecule has 2 fully saturated rings. The van der Waals surface area contributed by atoms with Crippen molar-refractivity contribution in [1.82, 2.24) is 4.90 Å². The average molecular weight is 257 g/mol. The minimum Gasteiger partial charge on any atom is -0.387 e. The lowest BCUT2D eigenvalue weighted by Gasteiger charge is -2.37. The summed E-state index contributed by atoms with van der Waals surface area (Å²) in [5.41, 5.74) is 2.53. The molecule has 4 rings (SSSR count). The maximum atomic E-state index is 10.7. The molecule has 4 unspecified atom stereocenters. The molecule has 1 N–H and O–H groups in total. The molecule has 1 saturated heterocycles. The first-order valence-electron chi connectivity index (χ1n) is 7.83. The summed E-state index contributed by atoms with van der Waals surface area (Å²) >= 11 is 0. The predicted molar refractivity (Wildman–Crippen MR) is 75.9 cm³/mol. The summed E-state index contributed by atoms with van der Waals surface area (Å²) in [4.78, 5) is 2.59. The van der Waals surface area contributed by atoms with Gasteiger partial charge in [0.2, 0.25) is 0 Å². The van der Waals surface area contributed by atoms with Crippen molar-refractivity contribution in [3.05, 3.63) is 35.4 Å². The number of nitrogens with zero attached hydrogens (tertiary/aromatic N) is 1. The Balaban J connectivity index is 1.54. The molecule has 1 aromatic carbocycles. The van der Waals surface area contributed by atoms with E-state index in [1.165, 1.54) is 43.5 Å². The summed E-state index contributed by atoms with van der Waals surface area (Å²) in [6.07, 6.45) is 6.24. The van der Waals surface area contributed by atoms with Crippen LogP contribution in [0.15, 0.2) is 24.3 Å². The van der Waals surface area contributed by atoms with Gasteiger partial charge < -0.3 is 5.11 Å². The second-order valence-electron chi connectivity index (χ2n) is 6.65. The van der Waals surface area contributed by atoms with Crippen LogP contribution in [0.1, 0.15) is 42.9 Å². The van der Waals surface area contributed by atoms with Crippen molar-refractivity contribution in [3.8, 4) is 0 Å². The van der Waals surface area contributed by atoms with Gasteiger partial charge >= 0.3 is 0 Å². The fourth-order valence-electron chi connectivity index (χ4n) is 4.64. The van der Waals surface area contributed by atoms with Crippen LogP contribution in [0.4, 0.5) is 0 Å². The normalized spacial score (nSPS) is 38.2. The standard InChI is InChI=1S/C17H23NO/c19-17-15-7-2-1-4-12(15)8-9-16(17)18-10-13-5-3-6-14(13)11-18/h1-2,4,7,13-14,16-17,19H,3,5-6,8-11H2. The molecular formula is C17H23NO. The molecule has 1 saturated carbocycles. The number of hydrogen-bond donors (Lipinski definition) is 1. The first kappa shape index (κ1) is 11.9. The zero-order valence-electron chi connectivity index (χ0n) is 11.5. The molecule has 19 heavy (non-hydrogen) atoms. The summed E-state index contributed by atoms with van der Waals surface area (Å²) in [6, 6.07) is 8.80. The van der Waals surface area contributed by atoms with Gasteiger partial charge in [-0.25, -0.2) is 0 Å². The van der Waals surface area contributed by atoms with E-state index in [1.54, 1.807) is 0 Å². The Morgan fingerprint density at radius 2 is 1.74 bits per heavy atom. The lowest BCUT2D eigenvalue weighted by atomic mass is 9.85. The van der Waals surface area contributed by atoms with Crippen molar-refractivity contribution in [2.45, 2.75) is 44.2 Å². The molecule has 2 aliphatic carbocycles. The van der Waals surface area contributed by atoms with Gasteiger partial charge in [-0.2, -0.15) is 0 Å². The number of hydrogen-bond acceptors (Lipinski definition) is 2. The Bertz CT molecular complexity index is 460. The summed E-state index contributed by atoms with van der Waals surface area (Å²) < 4.78 is 0. The van der Waals surface area contributed by atoms with Crippen molar-refractivity contribution < 1.29 is 5.11 Å². The molecule has 0 aromatic heterocycles. The van der Waals surface area contributed by atoms with Crippen LogP contribution in [-0.2, 0) is 6.42 Å². The van der Waals surface area contributed by atoms with Crippen molar-refractivity contribution in [2.24, 2.45) is 11.8 Å². The highest BCUT2D eigenvalue weighted by molar-refractivity contribution is 5.32. The maximum Gasteiger partial charge on any atom is 0.0947 e. The smallest absolute Gasteiger partial charge is 0.0947 e. The number of rotatable bonds is 1. The molecule has 2 nitrogen and oxygen atoms in total. The minimum atomic E-state index is -0.274. The first-order valence-corrected chi connectivity index (χ1v) is 7.83. The number of aliphatic hydroxyl groups is 1. The zero-order valence-corrected chi connectivity index (χ0v) is 11.5. The summed E-state index contributed by atoms with van der Waals surface area (Å²) in [5.74, 6) is 1.84. The second kappa shape index (κ2) is 4.60. The lowest BCUT2D eigenvalue weighted by molar-refractivity contribution is 0.0446. The topological polar surface area (TPSA) is 23.5 Å². The Morgan fingerprint density at radius 3 is 2.53 bits per heavy atom. The van der Waals surface area contributed by atoms with E-state index in [2.05, 4.69) is 29.2 Å². The molecule has 2 heteroatoms. The van der Waals surface area contributed by atoms with E-state index in [9.17, 15) is 5.11 Å². The Hall–Kier alpha value is -0.860. The van der Waals surface area contributed by atoms with E-state index >= 15 is 0 Å². The third-order valence-electron chi connectivity index (χ3n) is 5.67. The Morgan fingerprint density at radius 1 is 1.00 bits per heavy atom. The first-order chi connectivity index (χ1) is 9.33. The molecule has 1 aliphatic heterocycles. The number of aliphatic hydroxyl groups excluding tert-OH is 1. The average Bonchev–Trinajstić information content (AvgIpc) is 3.00. The number of likely N-dealkylation sites (tertiary alicyclic amines) is 1. The third kappa shape index (κ3) is 1.93. The maximum absolute atomic E-state index is 10.7. The molecule has 1 aromatic rings. The van der Waals surface area contributed by atoms with Crippen LogP contribution in [0.25, 0.3) is 0 Å². The molecule has 1 heterocycles. The molecule has 102 valence electrons. The van der Waals surface area contributed by atoms with Gasteiger partial charge in [-0.15, -0.1) is 0 Å². The highest BCUT2D eigenvalue weighted by Crippen LogP contribution is 2.42. The van der Waals surface area contributed by atoms with Crippen LogP contribution < -0.4 is 0 Å². The van der Waals surface area contributed by atoms with Crippen LogP contribution in [0.5, 0.6) is 0 Å². The fourth-order valence-corrected chi connectivity index (χ4v) is 4.64. The van der Waals surface area contributed by atoms with Crippen LogP contribution in [0.3, 0.4) is 0 Å². The van der Waals surface area contributed by atoms with Gasteiger partial charge in [0.15, 0.2) is 0 Å². The molecule has 3 aliphatic rings. The van der Waals surface area contributed by atoms with Gasteiger partial charge in [0.25, 0.3) is 0 Å². The van der Waals surface area contributed by atoms with E-state index in [1.807, 2.05) is 0 Å². The van der Waals surface area contributed by atoms with Crippen LogP contribution >= 0.6 is 0 Å². The van der Waals surface area contributed by atoms with Crippen LogP contribution in [0, 0.1) is 11.8 Å². The molecule has 4 atom stereocenters. The van der Waals surface area contributed by atoms with Crippen LogP contribution in [-0.4, -0.2) is 29.1 Å². The highest BCUT2D eigenvalue weighted by atomic mass is 16.3. The number of fused-ring (bicyclic) bond motifs is 2. The predicted octanol–water partition coefficient (Wildman–Crippen LogP) is 2.77. The van der Waals surface area contributed by atoms with Gasteiger partial charge in [0, 0.05) is 19.1 Å². The molecular weight excluding hydrogens is 234 g/mol. The van der Waals surface area contributed by atoms with E-state index in [4.69, 9.17) is 0 Å². The van der Waals surface area contributed by atoms with E-state index in [-0.39, 0.29) is 6.10 Å². The van der Waals surface area contributed by atoms with Crippen molar-refractivity contribution in [1.29, 1.82) is 0 Å². The third-order valence-corrected chi connectivity index (χ3v) is 5.67. The van der Waals surface area contributed by atoms with Gasteiger partial charge in [0.1, 0.15) is 0 Å². The van der Waals surface area contributed by atoms with Crippen molar-refractivity contribution in [2.75, 3.05) is 13.1 Å². The van der Waals surface area contributed by atoms with Crippen LogP contribution in [0.2, 0.25) is 0 Å². The highest BCUT2D eigenvalue weighted by Gasteiger charge is 2.41. The monoisotopic (exact) mass is 257 g/mol. The van der Waals surface area contributed by atoms with E-state index < -0.39 is 0 Å². The fraction of sp³-hybridized carbons (Fsp3) is 0.647.